The first kappa shape index (κ1) is 33.7. The van der Waals surface area contributed by atoms with Crippen LogP contribution < -0.4 is 10.2 Å². The second-order valence-electron chi connectivity index (χ2n) is 14.3. The number of hydrogen-bond donors (Lipinski definition) is 2. The van der Waals surface area contributed by atoms with Crippen molar-refractivity contribution < 1.29 is 33.4 Å². The summed E-state index contributed by atoms with van der Waals surface area (Å²) in [6.45, 7) is 0. The number of hydrazine groups is 1. The largest absolute Gasteiger partial charge is 0.505 e. The molecule has 0 spiro atoms. The third kappa shape index (κ3) is 5.08. The summed E-state index contributed by atoms with van der Waals surface area (Å²) in [7, 11) is 1.52. The zero-order valence-electron chi connectivity index (χ0n) is 27.8. The third-order valence-corrected chi connectivity index (χ3v) is 12.4. The molecule has 4 fully saturated rings. The molecule has 3 aromatic rings. The Labute approximate surface area is 304 Å². The van der Waals surface area contributed by atoms with Gasteiger partial charge in [0.2, 0.25) is 11.8 Å². The van der Waals surface area contributed by atoms with Crippen molar-refractivity contribution in [2.75, 3.05) is 12.5 Å². The van der Waals surface area contributed by atoms with Crippen LogP contribution in [0.4, 0.5) is 10.1 Å². The van der Waals surface area contributed by atoms with Crippen LogP contribution in [0.15, 0.2) is 72.3 Å². The highest BCUT2D eigenvalue weighted by Crippen LogP contribution is 2.64. The lowest BCUT2D eigenvalue weighted by Gasteiger charge is -2.50. The number of halogens is 3. The molecule has 4 amide bonds. The Kier molecular flexibility index (Phi) is 8.38. The molecule has 3 aliphatic carbocycles. The molecule has 2 saturated carbocycles. The lowest BCUT2D eigenvalue weighted by Crippen LogP contribution is -2.53. The molecule has 6 atom stereocenters. The van der Waals surface area contributed by atoms with Crippen LogP contribution in [0, 0.1) is 29.5 Å². The number of rotatable bonds is 6. The molecule has 12 heteroatoms. The predicted molar refractivity (Wildman–Crippen MR) is 187 cm³/mol. The van der Waals surface area contributed by atoms with E-state index in [0.717, 1.165) is 37.1 Å². The van der Waals surface area contributed by atoms with Crippen molar-refractivity contribution in [1.82, 2.24) is 9.91 Å². The number of carbonyl (C=O) groups excluding carboxylic acids is 4. The van der Waals surface area contributed by atoms with Crippen LogP contribution in [0.3, 0.4) is 0 Å². The fraction of sp³-hybridized carbons (Fsp3) is 0.385. The van der Waals surface area contributed by atoms with Crippen molar-refractivity contribution in [2.45, 2.75) is 62.3 Å². The second-order valence-corrected chi connectivity index (χ2v) is 15.1. The first-order valence-corrected chi connectivity index (χ1v) is 18.1. The van der Waals surface area contributed by atoms with Gasteiger partial charge in [0.05, 0.1) is 41.0 Å². The summed E-state index contributed by atoms with van der Waals surface area (Å²) in [5.41, 5.74) is 3.16. The number of carbonyl (C=O) groups is 4. The topological polar surface area (TPSA) is 116 Å². The minimum absolute atomic E-state index is 0.102. The van der Waals surface area contributed by atoms with Gasteiger partial charge in [0.1, 0.15) is 5.75 Å². The van der Waals surface area contributed by atoms with Crippen molar-refractivity contribution in [3.8, 4) is 11.5 Å². The maximum atomic E-state index is 15.3. The zero-order valence-corrected chi connectivity index (χ0v) is 29.3. The number of aromatic hydroxyl groups is 1. The van der Waals surface area contributed by atoms with E-state index in [1.165, 1.54) is 30.2 Å². The number of fused-ring (bicyclic) bond motifs is 4. The van der Waals surface area contributed by atoms with Crippen LogP contribution >= 0.6 is 23.2 Å². The number of allylic oxidation sites excluding steroid dienone is 2. The van der Waals surface area contributed by atoms with Crippen LogP contribution in [0.2, 0.25) is 10.0 Å². The molecule has 264 valence electrons. The number of anilines is 1. The van der Waals surface area contributed by atoms with Gasteiger partial charge in [-0.3, -0.25) is 29.5 Å². The molecule has 0 radical (unpaired) electrons. The van der Waals surface area contributed by atoms with Gasteiger partial charge in [-0.25, -0.2) is 4.39 Å². The molecule has 2 saturated heterocycles. The second kappa shape index (κ2) is 12.7. The van der Waals surface area contributed by atoms with E-state index >= 15 is 9.18 Å². The molecule has 0 aromatic heterocycles. The summed E-state index contributed by atoms with van der Waals surface area (Å²) in [5.74, 6) is -6.35. The molecule has 9 nitrogen and oxygen atoms in total. The Bertz CT molecular complexity index is 2000. The SMILES string of the molecule is COc1ccc(C23C(=O)N(Nc4ccc(Cl)cc4Cl)C(=O)C2CC2C(=CCC4C(=O)N(C5CCCCC5)C(=O)C42)C3c2ccc(O)c(F)c2)cc1. The molecule has 0 bridgehead atoms. The van der Waals surface area contributed by atoms with Gasteiger partial charge in [-0.05, 0) is 85.2 Å². The standard InChI is InChI=1S/C39H36Cl2FN3O6/c1-51-24-11-8-21(9-12-24)39-28(36(48)45(38(39)50)43-31-15-10-22(40)18-29(31)41)19-27-25(34(39)20-7-16-32(46)30(42)17-20)13-14-26-33(27)37(49)44(35(26)47)23-5-3-2-4-6-23/h7-13,15-18,23,26-28,33-34,43,46H,2-6,14,19H2,1H3. The molecule has 2 N–H and O–H groups in total. The van der Waals surface area contributed by atoms with Gasteiger partial charge in [0.25, 0.3) is 11.8 Å². The molecular weight excluding hydrogens is 696 g/mol. The van der Waals surface area contributed by atoms with E-state index < -0.39 is 58.4 Å². The number of nitrogens with one attached hydrogen (secondary N) is 1. The number of amides is 4. The monoisotopic (exact) mass is 731 g/mol. The number of phenols is 1. The Balaban J connectivity index is 1.32. The number of hydrogen-bond acceptors (Lipinski definition) is 7. The van der Waals surface area contributed by atoms with Gasteiger partial charge in [0, 0.05) is 17.0 Å². The Hall–Kier alpha value is -4.41. The average molecular weight is 733 g/mol. The maximum absolute atomic E-state index is 15.3. The summed E-state index contributed by atoms with van der Waals surface area (Å²) in [4.78, 5) is 60.0. The Morgan fingerprint density at radius 2 is 1.65 bits per heavy atom. The maximum Gasteiger partial charge on any atom is 0.260 e. The van der Waals surface area contributed by atoms with Crippen LogP contribution in [0.1, 0.15) is 62.0 Å². The summed E-state index contributed by atoms with van der Waals surface area (Å²) < 4.78 is 20.8. The number of phenolic OH excluding ortho intramolecular Hbond substituents is 1. The van der Waals surface area contributed by atoms with E-state index in [-0.39, 0.29) is 41.4 Å². The van der Waals surface area contributed by atoms with Gasteiger partial charge < -0.3 is 9.84 Å². The van der Waals surface area contributed by atoms with Gasteiger partial charge in [-0.1, -0.05) is 72.3 Å². The van der Waals surface area contributed by atoms with Gasteiger partial charge in [-0.2, -0.15) is 5.01 Å². The molecule has 8 rings (SSSR count). The van der Waals surface area contributed by atoms with Crippen molar-refractivity contribution in [3.63, 3.8) is 0 Å². The Morgan fingerprint density at radius 3 is 2.33 bits per heavy atom. The quantitative estimate of drug-likeness (QED) is 0.204. The van der Waals surface area contributed by atoms with Crippen LogP contribution in [-0.4, -0.2) is 51.8 Å². The lowest BCUT2D eigenvalue weighted by molar-refractivity contribution is -0.144. The van der Waals surface area contributed by atoms with E-state index in [1.807, 2.05) is 6.08 Å². The lowest BCUT2D eigenvalue weighted by atomic mass is 9.49. The highest BCUT2D eigenvalue weighted by Gasteiger charge is 2.70. The van der Waals surface area contributed by atoms with E-state index in [0.29, 0.717) is 27.5 Å². The Morgan fingerprint density at radius 1 is 0.902 bits per heavy atom. The fourth-order valence-electron chi connectivity index (χ4n) is 9.64. The summed E-state index contributed by atoms with van der Waals surface area (Å²) in [6.07, 6.45) is 6.80. The van der Waals surface area contributed by atoms with Crippen LogP contribution in [-0.2, 0) is 24.6 Å². The minimum Gasteiger partial charge on any atom is -0.505 e. The number of likely N-dealkylation sites (tertiary alicyclic amines) is 1. The third-order valence-electron chi connectivity index (χ3n) is 11.9. The molecule has 5 aliphatic rings. The smallest absolute Gasteiger partial charge is 0.260 e. The zero-order chi connectivity index (χ0) is 35.8. The van der Waals surface area contributed by atoms with Crippen molar-refractivity contribution in [1.29, 1.82) is 0 Å². The molecule has 51 heavy (non-hydrogen) atoms. The van der Waals surface area contributed by atoms with Gasteiger partial charge in [0.15, 0.2) is 11.6 Å². The minimum atomic E-state index is -1.62. The summed E-state index contributed by atoms with van der Waals surface area (Å²) in [6, 6.07) is 15.3. The van der Waals surface area contributed by atoms with Crippen molar-refractivity contribution >= 4 is 52.5 Å². The van der Waals surface area contributed by atoms with E-state index in [1.54, 1.807) is 42.5 Å². The normalized spacial score (nSPS) is 29.1. The highest BCUT2D eigenvalue weighted by molar-refractivity contribution is 6.36. The summed E-state index contributed by atoms with van der Waals surface area (Å²) >= 11 is 12.7. The highest BCUT2D eigenvalue weighted by atomic mass is 35.5. The number of imide groups is 2. The molecular formula is C39H36Cl2FN3O6. The number of ether oxygens (including phenoxy) is 1. The fourth-order valence-corrected chi connectivity index (χ4v) is 10.1. The number of nitrogens with zero attached hydrogens (tertiary/aromatic N) is 2. The molecule has 6 unspecified atom stereocenters. The molecule has 3 aromatic carbocycles. The van der Waals surface area contributed by atoms with Crippen molar-refractivity contribution in [3.05, 3.63) is 99.3 Å². The van der Waals surface area contributed by atoms with Gasteiger partial charge in [-0.15, -0.1) is 0 Å². The van der Waals surface area contributed by atoms with Crippen LogP contribution in [0.5, 0.6) is 11.5 Å². The molecule has 2 heterocycles. The van der Waals surface area contributed by atoms with Crippen molar-refractivity contribution in [2.24, 2.45) is 23.7 Å². The number of benzene rings is 3. The van der Waals surface area contributed by atoms with E-state index in [9.17, 15) is 19.5 Å². The van der Waals surface area contributed by atoms with E-state index in [2.05, 4.69) is 5.43 Å². The average Bonchev–Trinajstić information content (AvgIpc) is 3.51. The number of methoxy groups -OCH3 is 1. The summed E-state index contributed by atoms with van der Waals surface area (Å²) in [5, 5.41) is 11.8. The predicted octanol–water partition coefficient (Wildman–Crippen LogP) is 7.16. The van der Waals surface area contributed by atoms with E-state index in [4.69, 9.17) is 27.9 Å². The first-order chi connectivity index (χ1) is 24.6. The van der Waals surface area contributed by atoms with Gasteiger partial charge >= 0.3 is 0 Å². The molecule has 2 aliphatic heterocycles. The van der Waals surface area contributed by atoms with Crippen LogP contribution in [0.25, 0.3) is 0 Å². The first-order valence-electron chi connectivity index (χ1n) is 17.4.